The largest absolute Gasteiger partial charge is 0.394 e. The van der Waals surface area contributed by atoms with Crippen LogP contribution in [0.1, 0.15) is 31.2 Å². The molecule has 1 aliphatic heterocycles. The van der Waals surface area contributed by atoms with E-state index in [9.17, 15) is 9.90 Å². The zero-order valence-electron chi connectivity index (χ0n) is 11.8. The first kappa shape index (κ1) is 15.0. The maximum absolute atomic E-state index is 12.0. The summed E-state index contributed by atoms with van der Waals surface area (Å²) < 4.78 is 5.56. The first-order chi connectivity index (χ1) is 9.78. The average Bonchev–Trinajstić information content (AvgIpc) is 2.48. The van der Waals surface area contributed by atoms with E-state index in [0.29, 0.717) is 12.8 Å². The maximum Gasteiger partial charge on any atom is 0.222 e. The van der Waals surface area contributed by atoms with Crippen molar-refractivity contribution in [1.29, 1.82) is 0 Å². The molecule has 20 heavy (non-hydrogen) atoms. The second-order valence-corrected chi connectivity index (χ2v) is 5.33. The zero-order chi connectivity index (χ0) is 14.2. The van der Waals surface area contributed by atoms with Crippen molar-refractivity contribution in [2.75, 3.05) is 13.2 Å². The molecule has 0 aliphatic carbocycles. The van der Waals surface area contributed by atoms with E-state index in [0.717, 1.165) is 31.4 Å². The van der Waals surface area contributed by atoms with E-state index in [1.807, 2.05) is 30.3 Å². The van der Waals surface area contributed by atoms with Gasteiger partial charge in [-0.25, -0.2) is 0 Å². The SMILES string of the molecule is O=C(CC1CCCCO1)NC(CO)Cc1ccccc1. The average molecular weight is 277 g/mol. The lowest BCUT2D eigenvalue weighted by atomic mass is 10.0. The van der Waals surface area contributed by atoms with E-state index in [1.54, 1.807) is 0 Å². The third-order valence-corrected chi connectivity index (χ3v) is 3.60. The molecule has 1 aromatic rings. The first-order valence-corrected chi connectivity index (χ1v) is 7.33. The smallest absolute Gasteiger partial charge is 0.222 e. The van der Waals surface area contributed by atoms with Gasteiger partial charge in [0.2, 0.25) is 5.91 Å². The number of rotatable bonds is 6. The van der Waals surface area contributed by atoms with Gasteiger partial charge < -0.3 is 15.2 Å². The van der Waals surface area contributed by atoms with Gasteiger partial charge in [-0.2, -0.15) is 0 Å². The Labute approximate surface area is 120 Å². The normalized spacial score (nSPS) is 20.4. The molecule has 1 amide bonds. The fourth-order valence-corrected chi connectivity index (χ4v) is 2.52. The number of hydrogen-bond donors (Lipinski definition) is 2. The number of benzene rings is 1. The van der Waals surface area contributed by atoms with Gasteiger partial charge in [0.15, 0.2) is 0 Å². The second kappa shape index (κ2) is 8.02. The van der Waals surface area contributed by atoms with Crippen molar-refractivity contribution < 1.29 is 14.6 Å². The molecule has 2 atom stereocenters. The lowest BCUT2D eigenvalue weighted by Crippen LogP contribution is -2.41. The molecule has 1 fully saturated rings. The van der Waals surface area contributed by atoms with Gasteiger partial charge in [0, 0.05) is 6.61 Å². The van der Waals surface area contributed by atoms with Crippen LogP contribution in [0.4, 0.5) is 0 Å². The fraction of sp³-hybridized carbons (Fsp3) is 0.562. The third-order valence-electron chi connectivity index (χ3n) is 3.60. The predicted molar refractivity (Wildman–Crippen MR) is 77.4 cm³/mol. The lowest BCUT2D eigenvalue weighted by Gasteiger charge is -2.23. The van der Waals surface area contributed by atoms with E-state index >= 15 is 0 Å². The highest BCUT2D eigenvalue weighted by atomic mass is 16.5. The Balaban J connectivity index is 1.78. The number of carbonyl (C=O) groups is 1. The van der Waals surface area contributed by atoms with Crippen LogP contribution in [-0.4, -0.2) is 36.4 Å². The van der Waals surface area contributed by atoms with E-state index in [2.05, 4.69) is 5.32 Å². The van der Waals surface area contributed by atoms with Crippen LogP contribution in [-0.2, 0) is 16.0 Å². The van der Waals surface area contributed by atoms with Gasteiger partial charge in [-0.1, -0.05) is 30.3 Å². The monoisotopic (exact) mass is 277 g/mol. The van der Waals surface area contributed by atoms with Crippen LogP contribution in [0.3, 0.4) is 0 Å². The molecular formula is C16H23NO3. The molecule has 110 valence electrons. The molecule has 1 heterocycles. The third kappa shape index (κ3) is 4.94. The Morgan fingerprint density at radius 2 is 2.15 bits per heavy atom. The number of amides is 1. The van der Waals surface area contributed by atoms with Gasteiger partial charge in [0.1, 0.15) is 0 Å². The Kier molecular flexibility index (Phi) is 6.02. The topological polar surface area (TPSA) is 58.6 Å². The highest BCUT2D eigenvalue weighted by Gasteiger charge is 2.19. The number of hydrogen-bond acceptors (Lipinski definition) is 3. The van der Waals surface area contributed by atoms with Crippen molar-refractivity contribution >= 4 is 5.91 Å². The standard InChI is InChI=1S/C16H23NO3/c18-12-14(10-13-6-2-1-3-7-13)17-16(19)11-15-8-4-5-9-20-15/h1-3,6-7,14-15,18H,4-5,8-12H2,(H,17,19). The fourth-order valence-electron chi connectivity index (χ4n) is 2.52. The molecule has 0 radical (unpaired) electrons. The Bertz CT molecular complexity index is 401. The van der Waals surface area contributed by atoms with Crippen LogP contribution in [0.25, 0.3) is 0 Å². The summed E-state index contributed by atoms with van der Waals surface area (Å²) in [7, 11) is 0. The van der Waals surface area contributed by atoms with Crippen LogP contribution >= 0.6 is 0 Å². The number of aliphatic hydroxyl groups excluding tert-OH is 1. The maximum atomic E-state index is 12.0. The van der Waals surface area contributed by atoms with Crippen molar-refractivity contribution in [3.8, 4) is 0 Å². The van der Waals surface area contributed by atoms with Gasteiger partial charge in [0.25, 0.3) is 0 Å². The molecule has 0 bridgehead atoms. The molecule has 4 nitrogen and oxygen atoms in total. The number of aliphatic hydroxyl groups is 1. The quantitative estimate of drug-likeness (QED) is 0.831. The molecule has 0 saturated carbocycles. The lowest BCUT2D eigenvalue weighted by molar-refractivity contribution is -0.125. The Morgan fingerprint density at radius 1 is 1.35 bits per heavy atom. The van der Waals surface area contributed by atoms with Gasteiger partial charge in [0.05, 0.1) is 25.2 Å². The predicted octanol–water partition coefficient (Wildman–Crippen LogP) is 1.67. The van der Waals surface area contributed by atoms with E-state index < -0.39 is 0 Å². The van der Waals surface area contributed by atoms with Crippen molar-refractivity contribution in [2.45, 2.75) is 44.2 Å². The van der Waals surface area contributed by atoms with Gasteiger partial charge >= 0.3 is 0 Å². The molecule has 2 rings (SSSR count). The molecule has 4 heteroatoms. The van der Waals surface area contributed by atoms with Crippen LogP contribution in [0.5, 0.6) is 0 Å². The molecule has 1 saturated heterocycles. The minimum atomic E-state index is -0.228. The van der Waals surface area contributed by atoms with Crippen LogP contribution in [0.15, 0.2) is 30.3 Å². The zero-order valence-corrected chi connectivity index (χ0v) is 11.8. The van der Waals surface area contributed by atoms with E-state index in [1.165, 1.54) is 0 Å². The Hall–Kier alpha value is -1.39. The molecular weight excluding hydrogens is 254 g/mol. The summed E-state index contributed by atoms with van der Waals surface area (Å²) in [5.41, 5.74) is 1.11. The summed E-state index contributed by atoms with van der Waals surface area (Å²) in [5.74, 6) is -0.0353. The van der Waals surface area contributed by atoms with Crippen LogP contribution < -0.4 is 5.32 Å². The summed E-state index contributed by atoms with van der Waals surface area (Å²) in [4.78, 5) is 12.0. The van der Waals surface area contributed by atoms with Crippen molar-refractivity contribution in [1.82, 2.24) is 5.32 Å². The molecule has 1 aromatic carbocycles. The second-order valence-electron chi connectivity index (χ2n) is 5.33. The number of ether oxygens (including phenoxy) is 1. The molecule has 2 N–H and O–H groups in total. The number of nitrogens with one attached hydrogen (secondary N) is 1. The van der Waals surface area contributed by atoms with Crippen LogP contribution in [0.2, 0.25) is 0 Å². The van der Waals surface area contributed by atoms with E-state index in [4.69, 9.17) is 4.74 Å². The number of carbonyl (C=O) groups excluding carboxylic acids is 1. The minimum Gasteiger partial charge on any atom is -0.394 e. The van der Waals surface area contributed by atoms with Crippen molar-refractivity contribution in [2.24, 2.45) is 0 Å². The summed E-state index contributed by atoms with van der Waals surface area (Å²) in [6.07, 6.45) is 4.26. The first-order valence-electron chi connectivity index (χ1n) is 7.33. The van der Waals surface area contributed by atoms with Crippen molar-refractivity contribution in [3.05, 3.63) is 35.9 Å². The summed E-state index contributed by atoms with van der Waals surface area (Å²) >= 11 is 0. The molecule has 0 aromatic heterocycles. The van der Waals surface area contributed by atoms with Gasteiger partial charge in [-0.15, -0.1) is 0 Å². The minimum absolute atomic E-state index is 0.0353. The molecule has 0 spiro atoms. The van der Waals surface area contributed by atoms with Gasteiger partial charge in [-0.3, -0.25) is 4.79 Å². The molecule has 1 aliphatic rings. The summed E-state index contributed by atoms with van der Waals surface area (Å²) in [6.45, 7) is 0.706. The Morgan fingerprint density at radius 3 is 2.80 bits per heavy atom. The summed E-state index contributed by atoms with van der Waals surface area (Å²) in [6, 6.07) is 9.64. The van der Waals surface area contributed by atoms with Gasteiger partial charge in [-0.05, 0) is 31.2 Å². The van der Waals surface area contributed by atoms with Crippen LogP contribution in [0, 0.1) is 0 Å². The highest BCUT2D eigenvalue weighted by molar-refractivity contribution is 5.76. The highest BCUT2D eigenvalue weighted by Crippen LogP contribution is 2.15. The summed E-state index contributed by atoms with van der Waals surface area (Å²) in [5, 5.41) is 12.3. The van der Waals surface area contributed by atoms with E-state index in [-0.39, 0.29) is 24.7 Å². The van der Waals surface area contributed by atoms with Crippen molar-refractivity contribution in [3.63, 3.8) is 0 Å². The molecule has 2 unspecified atom stereocenters.